The first-order chi connectivity index (χ1) is 9.65. The Balaban J connectivity index is 0.00000161. The number of benzene rings is 1. The number of hydrogen-bond acceptors (Lipinski definition) is 3. The third-order valence-electron chi connectivity index (χ3n) is 3.47. The number of amides is 1. The molecule has 0 aliphatic carbocycles. The minimum Gasteiger partial charge on any atom is -0.320 e. The molecule has 1 aliphatic heterocycles. The average molecular weight is 372 g/mol. The maximum atomic E-state index is 12.4. The molecule has 1 aromatic heterocycles. The third-order valence-corrected chi connectivity index (χ3v) is 3.96. The molecule has 5 nitrogen and oxygen atoms in total. The van der Waals surface area contributed by atoms with Crippen LogP contribution in [0, 0.1) is 6.92 Å². The van der Waals surface area contributed by atoms with Gasteiger partial charge in [0.15, 0.2) is 5.69 Å². The van der Waals surface area contributed by atoms with E-state index >= 15 is 0 Å². The van der Waals surface area contributed by atoms with Gasteiger partial charge in [-0.3, -0.25) is 9.89 Å². The van der Waals surface area contributed by atoms with E-state index in [0.29, 0.717) is 12.2 Å². The fourth-order valence-electron chi connectivity index (χ4n) is 2.32. The number of carbonyl (C=O) groups excluding carboxylic acids is 1. The molecule has 2 aromatic rings. The van der Waals surface area contributed by atoms with Crippen molar-refractivity contribution in [3.8, 4) is 0 Å². The summed E-state index contributed by atoms with van der Waals surface area (Å²) >= 11 is 3.41. The highest BCUT2D eigenvalue weighted by Gasteiger charge is 2.21. The largest absolute Gasteiger partial charge is 0.320 e. The molecule has 2 heterocycles. The van der Waals surface area contributed by atoms with Crippen molar-refractivity contribution in [3.05, 3.63) is 45.2 Å². The molecule has 7 heteroatoms. The van der Waals surface area contributed by atoms with Crippen molar-refractivity contribution in [1.82, 2.24) is 15.5 Å². The molecule has 0 bridgehead atoms. The van der Waals surface area contributed by atoms with Crippen LogP contribution >= 0.6 is 28.3 Å². The van der Waals surface area contributed by atoms with Crippen LogP contribution in [0.5, 0.6) is 0 Å². The number of halogens is 2. The van der Waals surface area contributed by atoms with Crippen LogP contribution in [0.15, 0.2) is 22.7 Å². The predicted molar refractivity (Wildman–Crippen MR) is 88.1 cm³/mol. The average Bonchev–Trinajstić information content (AvgIpc) is 2.87. The van der Waals surface area contributed by atoms with Gasteiger partial charge in [0.05, 0.1) is 0 Å². The first-order valence-electron chi connectivity index (χ1n) is 6.49. The molecule has 1 amide bonds. The predicted octanol–water partition coefficient (Wildman–Crippen LogP) is 2.80. The second-order valence-electron chi connectivity index (χ2n) is 4.87. The molecule has 0 fully saturated rings. The lowest BCUT2D eigenvalue weighted by atomic mass is 10.1. The van der Waals surface area contributed by atoms with Gasteiger partial charge < -0.3 is 10.6 Å². The Labute approximate surface area is 137 Å². The summed E-state index contributed by atoms with van der Waals surface area (Å²) in [5.41, 5.74) is 4.32. The molecule has 3 rings (SSSR count). The summed E-state index contributed by atoms with van der Waals surface area (Å²) in [6.45, 7) is 3.57. The van der Waals surface area contributed by atoms with Crippen LogP contribution in [0.25, 0.3) is 0 Å². The lowest BCUT2D eigenvalue weighted by Crippen LogP contribution is -2.25. The molecule has 1 aliphatic rings. The molecule has 3 N–H and O–H groups in total. The summed E-state index contributed by atoms with van der Waals surface area (Å²) in [5, 5.41) is 13.3. The van der Waals surface area contributed by atoms with Crippen LogP contribution in [0.4, 0.5) is 5.69 Å². The number of nitrogens with one attached hydrogen (secondary N) is 3. The maximum Gasteiger partial charge on any atom is 0.276 e. The Morgan fingerprint density at radius 2 is 2.24 bits per heavy atom. The first-order valence-corrected chi connectivity index (χ1v) is 7.29. The summed E-state index contributed by atoms with van der Waals surface area (Å²) < 4.78 is 0.934. The van der Waals surface area contributed by atoms with Crippen molar-refractivity contribution in [3.63, 3.8) is 0 Å². The van der Waals surface area contributed by atoms with Crippen LogP contribution in [0.1, 0.15) is 27.3 Å². The van der Waals surface area contributed by atoms with E-state index in [1.165, 1.54) is 0 Å². The van der Waals surface area contributed by atoms with Gasteiger partial charge in [-0.05, 0) is 24.6 Å². The van der Waals surface area contributed by atoms with Crippen molar-refractivity contribution in [2.45, 2.75) is 19.9 Å². The van der Waals surface area contributed by atoms with E-state index in [0.717, 1.165) is 39.9 Å². The molecule has 21 heavy (non-hydrogen) atoms. The number of nitrogens with zero attached hydrogens (tertiary/aromatic N) is 1. The lowest BCUT2D eigenvalue weighted by molar-refractivity contribution is 0.102. The molecule has 0 saturated heterocycles. The fourth-order valence-corrected chi connectivity index (χ4v) is 2.68. The molecule has 0 spiro atoms. The van der Waals surface area contributed by atoms with E-state index < -0.39 is 0 Å². The van der Waals surface area contributed by atoms with E-state index in [2.05, 4.69) is 36.8 Å². The van der Waals surface area contributed by atoms with E-state index in [-0.39, 0.29) is 18.3 Å². The second kappa shape index (κ2) is 6.60. The summed E-state index contributed by atoms with van der Waals surface area (Å²) in [4.78, 5) is 12.4. The lowest BCUT2D eigenvalue weighted by Gasteiger charge is -2.13. The highest BCUT2D eigenvalue weighted by molar-refractivity contribution is 9.10. The molecule has 112 valence electrons. The van der Waals surface area contributed by atoms with E-state index in [4.69, 9.17) is 0 Å². The van der Waals surface area contributed by atoms with Crippen molar-refractivity contribution >= 4 is 39.9 Å². The van der Waals surface area contributed by atoms with Gasteiger partial charge in [-0.2, -0.15) is 5.10 Å². The number of rotatable bonds is 2. The van der Waals surface area contributed by atoms with Crippen LogP contribution < -0.4 is 10.6 Å². The fraction of sp³-hybridized carbons (Fsp3) is 0.286. The first kappa shape index (κ1) is 16.0. The number of carbonyl (C=O) groups is 1. The number of aromatic amines is 1. The van der Waals surface area contributed by atoms with Gasteiger partial charge in [-0.15, -0.1) is 12.4 Å². The van der Waals surface area contributed by atoms with Gasteiger partial charge in [0.25, 0.3) is 5.91 Å². The number of anilines is 1. The zero-order valence-corrected chi connectivity index (χ0v) is 13.9. The van der Waals surface area contributed by atoms with Crippen LogP contribution in [0.3, 0.4) is 0 Å². The summed E-state index contributed by atoms with van der Waals surface area (Å²) in [5.74, 6) is -0.174. The van der Waals surface area contributed by atoms with Crippen molar-refractivity contribution in [2.75, 3.05) is 11.9 Å². The normalized spacial score (nSPS) is 13.2. The van der Waals surface area contributed by atoms with E-state index in [1.807, 2.05) is 25.1 Å². The van der Waals surface area contributed by atoms with Gasteiger partial charge in [-0.1, -0.05) is 22.0 Å². The van der Waals surface area contributed by atoms with E-state index in [9.17, 15) is 4.79 Å². The van der Waals surface area contributed by atoms with Crippen LogP contribution in [0.2, 0.25) is 0 Å². The number of H-pyrrole nitrogens is 1. The SMILES string of the molecule is Cc1ccc(Br)cc1NC(=O)c1n[nH]c2c1CNCC2.Cl. The smallest absolute Gasteiger partial charge is 0.276 e. The number of aromatic nitrogens is 2. The minimum absolute atomic E-state index is 0. The summed E-state index contributed by atoms with van der Waals surface area (Å²) in [6, 6.07) is 5.80. The van der Waals surface area contributed by atoms with Gasteiger partial charge in [0.1, 0.15) is 0 Å². The number of fused-ring (bicyclic) bond motifs is 1. The van der Waals surface area contributed by atoms with Crippen molar-refractivity contribution in [2.24, 2.45) is 0 Å². The minimum atomic E-state index is -0.174. The topological polar surface area (TPSA) is 69.8 Å². The Kier molecular flexibility index (Phi) is 5.03. The van der Waals surface area contributed by atoms with Crippen LogP contribution in [-0.4, -0.2) is 22.6 Å². The highest BCUT2D eigenvalue weighted by atomic mass is 79.9. The third kappa shape index (κ3) is 3.28. The molecule has 0 saturated carbocycles. The quantitative estimate of drug-likeness (QED) is 0.760. The second-order valence-corrected chi connectivity index (χ2v) is 5.79. The van der Waals surface area contributed by atoms with Gasteiger partial charge in [0, 0.05) is 40.9 Å². The maximum absolute atomic E-state index is 12.4. The van der Waals surface area contributed by atoms with Crippen molar-refractivity contribution in [1.29, 1.82) is 0 Å². The summed E-state index contributed by atoms with van der Waals surface area (Å²) in [7, 11) is 0. The zero-order valence-electron chi connectivity index (χ0n) is 11.5. The molecule has 0 atom stereocenters. The zero-order chi connectivity index (χ0) is 14.1. The van der Waals surface area contributed by atoms with Crippen molar-refractivity contribution < 1.29 is 4.79 Å². The Morgan fingerprint density at radius 1 is 1.43 bits per heavy atom. The highest BCUT2D eigenvalue weighted by Crippen LogP contribution is 2.22. The van der Waals surface area contributed by atoms with Gasteiger partial charge in [-0.25, -0.2) is 0 Å². The number of hydrogen-bond donors (Lipinski definition) is 3. The standard InChI is InChI=1S/C14H15BrN4O.ClH/c1-8-2-3-9(15)6-12(8)17-14(20)13-10-7-16-5-4-11(10)18-19-13;/h2-3,6,16H,4-5,7H2,1H3,(H,17,20)(H,18,19);1H. The monoisotopic (exact) mass is 370 g/mol. The summed E-state index contributed by atoms with van der Waals surface area (Å²) in [6.07, 6.45) is 0.880. The Bertz CT molecular complexity index is 671. The molecule has 1 aromatic carbocycles. The Hall–Kier alpha value is -1.37. The number of aryl methyl sites for hydroxylation is 1. The molecular weight excluding hydrogens is 356 g/mol. The van der Waals surface area contributed by atoms with Gasteiger partial charge in [0.2, 0.25) is 0 Å². The Morgan fingerprint density at radius 3 is 3.05 bits per heavy atom. The molecular formula is C14H16BrClN4O. The van der Waals surface area contributed by atoms with Crippen LogP contribution in [-0.2, 0) is 13.0 Å². The molecule has 0 unspecified atom stereocenters. The van der Waals surface area contributed by atoms with E-state index in [1.54, 1.807) is 0 Å². The van der Waals surface area contributed by atoms with Gasteiger partial charge >= 0.3 is 0 Å². The molecule has 0 radical (unpaired) electrons.